The Kier molecular flexibility index (Phi) is 5.52. The molecule has 0 aliphatic heterocycles. The van der Waals surface area contributed by atoms with Gasteiger partial charge in [0.1, 0.15) is 5.56 Å². The smallest absolute Gasteiger partial charge is 0.262 e. The molecule has 2 N–H and O–H groups in total. The molecule has 0 atom stereocenters. The number of nitrogens with zero attached hydrogens (tertiary/aromatic N) is 2. The van der Waals surface area contributed by atoms with Gasteiger partial charge >= 0.3 is 0 Å². The Morgan fingerprint density at radius 1 is 1.13 bits per heavy atom. The largest absolute Gasteiger partial charge is 0.477 e. The second kappa shape index (κ2) is 8.41. The van der Waals surface area contributed by atoms with E-state index in [1.807, 2.05) is 50.2 Å². The molecule has 7 heteroatoms. The minimum absolute atomic E-state index is 0.125. The first-order chi connectivity index (χ1) is 14.6. The fourth-order valence-corrected chi connectivity index (χ4v) is 3.11. The van der Waals surface area contributed by atoms with Gasteiger partial charge in [-0.1, -0.05) is 24.3 Å². The summed E-state index contributed by atoms with van der Waals surface area (Å²) < 4.78 is 7.34. The maximum absolute atomic E-state index is 13.0. The van der Waals surface area contributed by atoms with Crippen molar-refractivity contribution in [3.63, 3.8) is 0 Å². The summed E-state index contributed by atoms with van der Waals surface area (Å²) in [5, 5.41) is 10.2. The van der Waals surface area contributed by atoms with Gasteiger partial charge in [0.15, 0.2) is 0 Å². The monoisotopic (exact) mass is 404 g/mol. The number of amides is 2. The van der Waals surface area contributed by atoms with E-state index >= 15 is 0 Å². The van der Waals surface area contributed by atoms with Gasteiger partial charge in [0, 0.05) is 17.3 Å². The number of aromatic nitrogens is 2. The maximum Gasteiger partial charge on any atom is 0.262 e. The third-order valence-electron chi connectivity index (χ3n) is 4.91. The highest BCUT2D eigenvalue weighted by atomic mass is 16.5. The number of anilines is 1. The summed E-state index contributed by atoms with van der Waals surface area (Å²) in [5.74, 6) is -0.0927. The molecule has 0 unspecified atom stereocenters. The van der Waals surface area contributed by atoms with Crippen LogP contribution >= 0.6 is 0 Å². The Hall–Kier alpha value is -3.61. The minimum Gasteiger partial charge on any atom is -0.477 e. The zero-order valence-electron chi connectivity index (χ0n) is 17.0. The zero-order chi connectivity index (χ0) is 21.1. The number of aryl methyl sites for hydroxylation is 1. The van der Waals surface area contributed by atoms with Gasteiger partial charge in [-0.3, -0.25) is 9.59 Å². The summed E-state index contributed by atoms with van der Waals surface area (Å²) >= 11 is 0. The Bertz CT molecular complexity index is 1070. The normalized spacial score (nSPS) is 13.0. The van der Waals surface area contributed by atoms with Crippen molar-refractivity contribution < 1.29 is 14.3 Å². The SMILES string of the molecule is CCOc1c(C(=O)Nc2cc(C(=O)NC3CC3)ccc2C)cnn1-c1ccccc1. The van der Waals surface area contributed by atoms with E-state index in [4.69, 9.17) is 4.74 Å². The number of carbonyl (C=O) groups excluding carboxylic acids is 2. The molecule has 0 saturated heterocycles. The van der Waals surface area contributed by atoms with Crippen molar-refractivity contribution in [3.8, 4) is 11.6 Å². The van der Waals surface area contributed by atoms with Crippen molar-refractivity contribution in [1.29, 1.82) is 0 Å². The van der Waals surface area contributed by atoms with Crippen LogP contribution in [-0.2, 0) is 0 Å². The molecule has 0 radical (unpaired) electrons. The molecular weight excluding hydrogens is 380 g/mol. The topological polar surface area (TPSA) is 85.2 Å². The van der Waals surface area contributed by atoms with Crippen molar-refractivity contribution in [2.24, 2.45) is 0 Å². The summed E-state index contributed by atoms with van der Waals surface area (Å²) in [6.07, 6.45) is 3.53. The van der Waals surface area contributed by atoms with E-state index in [1.165, 1.54) is 6.20 Å². The number of carbonyl (C=O) groups is 2. The highest BCUT2D eigenvalue weighted by Crippen LogP contribution is 2.26. The number of hydrogen-bond donors (Lipinski definition) is 2. The summed E-state index contributed by atoms with van der Waals surface area (Å²) in [6, 6.07) is 15.1. The molecule has 0 spiro atoms. The molecule has 2 aromatic carbocycles. The lowest BCUT2D eigenvalue weighted by molar-refractivity contribution is 0.0949. The third-order valence-corrected chi connectivity index (χ3v) is 4.91. The number of nitrogens with one attached hydrogen (secondary N) is 2. The first-order valence-electron chi connectivity index (χ1n) is 10.1. The summed E-state index contributed by atoms with van der Waals surface area (Å²) in [5.41, 5.74) is 3.09. The van der Waals surface area contributed by atoms with Crippen LogP contribution in [0.1, 0.15) is 46.0 Å². The molecule has 1 heterocycles. The highest BCUT2D eigenvalue weighted by molar-refractivity contribution is 6.07. The number of para-hydroxylation sites is 1. The van der Waals surface area contributed by atoms with Crippen LogP contribution in [0, 0.1) is 6.92 Å². The van der Waals surface area contributed by atoms with Gasteiger partial charge in [-0.25, -0.2) is 4.68 Å². The minimum atomic E-state index is -0.344. The number of hydrogen-bond acceptors (Lipinski definition) is 4. The lowest BCUT2D eigenvalue weighted by Gasteiger charge is -2.12. The molecule has 1 saturated carbocycles. The van der Waals surface area contributed by atoms with Gasteiger partial charge < -0.3 is 15.4 Å². The van der Waals surface area contributed by atoms with Gasteiger partial charge in [0.25, 0.3) is 11.8 Å². The van der Waals surface area contributed by atoms with E-state index < -0.39 is 0 Å². The third kappa shape index (κ3) is 4.20. The molecule has 1 fully saturated rings. The first-order valence-corrected chi connectivity index (χ1v) is 10.1. The highest BCUT2D eigenvalue weighted by Gasteiger charge is 2.24. The molecule has 3 aromatic rings. The molecule has 0 bridgehead atoms. The predicted molar refractivity (Wildman–Crippen MR) is 114 cm³/mol. The lowest BCUT2D eigenvalue weighted by Crippen LogP contribution is -2.25. The second-order valence-corrected chi connectivity index (χ2v) is 7.28. The summed E-state index contributed by atoms with van der Waals surface area (Å²) in [7, 11) is 0. The van der Waals surface area contributed by atoms with E-state index in [0.29, 0.717) is 29.3 Å². The molecule has 1 aliphatic rings. The fourth-order valence-electron chi connectivity index (χ4n) is 3.11. The Labute approximate surface area is 175 Å². The number of ether oxygens (including phenoxy) is 1. The fraction of sp³-hybridized carbons (Fsp3) is 0.261. The van der Waals surface area contributed by atoms with Crippen LogP contribution in [0.3, 0.4) is 0 Å². The summed E-state index contributed by atoms with van der Waals surface area (Å²) in [4.78, 5) is 25.4. The van der Waals surface area contributed by atoms with Crippen molar-refractivity contribution in [2.45, 2.75) is 32.7 Å². The quantitative estimate of drug-likeness (QED) is 0.628. The molecule has 2 amide bonds. The lowest BCUT2D eigenvalue weighted by atomic mass is 10.1. The molecule has 7 nitrogen and oxygen atoms in total. The van der Waals surface area contributed by atoms with E-state index in [1.54, 1.807) is 16.8 Å². The number of benzene rings is 2. The maximum atomic E-state index is 13.0. The average Bonchev–Trinajstić information content (AvgIpc) is 3.47. The molecule has 154 valence electrons. The Morgan fingerprint density at radius 3 is 2.60 bits per heavy atom. The van der Waals surface area contributed by atoms with E-state index in [9.17, 15) is 9.59 Å². The van der Waals surface area contributed by atoms with Crippen LogP contribution in [0.4, 0.5) is 5.69 Å². The second-order valence-electron chi connectivity index (χ2n) is 7.28. The van der Waals surface area contributed by atoms with Gasteiger partial charge in [-0.2, -0.15) is 5.10 Å². The van der Waals surface area contributed by atoms with Crippen molar-refractivity contribution in [1.82, 2.24) is 15.1 Å². The van der Waals surface area contributed by atoms with Crippen LogP contribution in [0.2, 0.25) is 0 Å². The van der Waals surface area contributed by atoms with Gasteiger partial charge in [0.05, 0.1) is 18.5 Å². The summed E-state index contributed by atoms with van der Waals surface area (Å²) in [6.45, 7) is 4.14. The molecule has 1 aromatic heterocycles. The van der Waals surface area contributed by atoms with Gasteiger partial charge in [-0.15, -0.1) is 0 Å². The van der Waals surface area contributed by atoms with Gasteiger partial charge in [-0.05, 0) is 56.5 Å². The van der Waals surface area contributed by atoms with Crippen molar-refractivity contribution in [3.05, 3.63) is 71.4 Å². The van der Waals surface area contributed by atoms with Crippen LogP contribution in [0.15, 0.2) is 54.7 Å². The van der Waals surface area contributed by atoms with Crippen LogP contribution in [0.5, 0.6) is 5.88 Å². The molecular formula is C23H24N4O3. The Balaban J connectivity index is 1.59. The van der Waals surface area contributed by atoms with Crippen LogP contribution in [-0.4, -0.2) is 34.2 Å². The predicted octanol–water partition coefficient (Wildman–Crippen LogP) is 3.72. The number of rotatable bonds is 7. The van der Waals surface area contributed by atoms with Gasteiger partial charge in [0.2, 0.25) is 5.88 Å². The standard InChI is InChI=1S/C23H24N4O3/c1-3-30-23-19(14-24-27(23)18-7-5-4-6-8-18)22(29)26-20-13-16(10-9-15(20)2)21(28)25-17-11-12-17/h4-10,13-14,17H,3,11-12H2,1-2H3,(H,25,28)(H,26,29). The van der Waals surface area contributed by atoms with Crippen LogP contribution in [0.25, 0.3) is 5.69 Å². The molecule has 4 rings (SSSR count). The van der Waals surface area contributed by atoms with Crippen molar-refractivity contribution >= 4 is 17.5 Å². The van der Waals surface area contributed by atoms with E-state index in [-0.39, 0.29) is 17.9 Å². The Morgan fingerprint density at radius 2 is 1.90 bits per heavy atom. The van der Waals surface area contributed by atoms with E-state index in [0.717, 1.165) is 24.1 Å². The molecule has 1 aliphatic carbocycles. The zero-order valence-corrected chi connectivity index (χ0v) is 17.0. The van der Waals surface area contributed by atoms with E-state index in [2.05, 4.69) is 15.7 Å². The van der Waals surface area contributed by atoms with Crippen molar-refractivity contribution in [2.75, 3.05) is 11.9 Å². The first kappa shape index (κ1) is 19.7. The average molecular weight is 404 g/mol. The molecule has 30 heavy (non-hydrogen) atoms. The van der Waals surface area contributed by atoms with Crippen LogP contribution < -0.4 is 15.4 Å².